The molecular formula is C13H22N2O2. The molecule has 3 rings (SSSR count). The summed E-state index contributed by atoms with van der Waals surface area (Å²) in [6, 6.07) is 0.884. The molecule has 0 bridgehead atoms. The van der Waals surface area contributed by atoms with E-state index in [4.69, 9.17) is 4.74 Å². The minimum absolute atomic E-state index is 0.0451. The summed E-state index contributed by atoms with van der Waals surface area (Å²) in [5.41, 5.74) is 0. The summed E-state index contributed by atoms with van der Waals surface area (Å²) < 4.78 is 5.28. The molecule has 4 nitrogen and oxygen atoms in total. The van der Waals surface area contributed by atoms with Crippen LogP contribution < -0.4 is 10.6 Å². The molecule has 0 spiro atoms. The highest BCUT2D eigenvalue weighted by Gasteiger charge is 2.38. The molecule has 2 N–H and O–H groups in total. The zero-order valence-corrected chi connectivity index (χ0v) is 10.3. The van der Waals surface area contributed by atoms with Crippen molar-refractivity contribution in [2.75, 3.05) is 13.2 Å². The molecule has 4 unspecified atom stereocenters. The number of nitrogens with one attached hydrogen (secondary N) is 2. The Labute approximate surface area is 102 Å². The standard InChI is InChI=1S/C13H22N2O2/c16-13(14-10-5-6-17-8-10)12-7-9-3-1-2-4-11(9)15-12/h9-12,15H,1-8H2,(H,14,16). The summed E-state index contributed by atoms with van der Waals surface area (Å²) in [5.74, 6) is 0.925. The third-order valence-electron chi connectivity index (χ3n) is 4.46. The zero-order chi connectivity index (χ0) is 11.7. The molecule has 2 aliphatic heterocycles. The van der Waals surface area contributed by atoms with Gasteiger partial charge in [-0.05, 0) is 31.6 Å². The van der Waals surface area contributed by atoms with Gasteiger partial charge in [-0.2, -0.15) is 0 Å². The molecule has 0 aromatic rings. The molecule has 1 aliphatic carbocycles. The van der Waals surface area contributed by atoms with Crippen molar-refractivity contribution >= 4 is 5.91 Å². The molecule has 4 atom stereocenters. The summed E-state index contributed by atoms with van der Waals surface area (Å²) in [6.45, 7) is 1.47. The molecule has 3 aliphatic rings. The van der Waals surface area contributed by atoms with E-state index in [1.807, 2.05) is 0 Å². The van der Waals surface area contributed by atoms with Gasteiger partial charge in [-0.25, -0.2) is 0 Å². The van der Waals surface area contributed by atoms with Crippen molar-refractivity contribution in [1.82, 2.24) is 10.6 Å². The maximum absolute atomic E-state index is 12.1. The number of carbonyl (C=O) groups is 1. The van der Waals surface area contributed by atoms with Gasteiger partial charge in [0.2, 0.25) is 5.91 Å². The second-order valence-corrected chi connectivity index (χ2v) is 5.68. The van der Waals surface area contributed by atoms with Crippen LogP contribution in [0.1, 0.15) is 38.5 Å². The molecule has 17 heavy (non-hydrogen) atoms. The first kappa shape index (κ1) is 11.5. The lowest BCUT2D eigenvalue weighted by atomic mass is 9.85. The van der Waals surface area contributed by atoms with E-state index in [1.54, 1.807) is 0 Å². The average molecular weight is 238 g/mol. The summed E-state index contributed by atoms with van der Waals surface area (Å²) in [6.07, 6.45) is 7.21. The van der Waals surface area contributed by atoms with Crippen LogP contribution in [-0.2, 0) is 9.53 Å². The summed E-state index contributed by atoms with van der Waals surface area (Å²) >= 11 is 0. The van der Waals surface area contributed by atoms with Gasteiger partial charge < -0.3 is 15.4 Å². The molecule has 1 saturated carbocycles. The van der Waals surface area contributed by atoms with Gasteiger partial charge in [0, 0.05) is 12.6 Å². The van der Waals surface area contributed by atoms with Gasteiger partial charge in [-0.3, -0.25) is 4.79 Å². The second-order valence-electron chi connectivity index (χ2n) is 5.68. The Kier molecular flexibility index (Phi) is 3.34. The van der Waals surface area contributed by atoms with Gasteiger partial charge in [-0.1, -0.05) is 12.8 Å². The van der Waals surface area contributed by atoms with E-state index in [1.165, 1.54) is 25.7 Å². The Morgan fingerprint density at radius 1 is 1.24 bits per heavy atom. The lowest BCUT2D eigenvalue weighted by molar-refractivity contribution is -0.123. The summed E-state index contributed by atoms with van der Waals surface area (Å²) in [4.78, 5) is 12.1. The minimum atomic E-state index is 0.0451. The SMILES string of the molecule is O=C(NC1CCOC1)C1CC2CCCCC2N1. The quantitative estimate of drug-likeness (QED) is 0.748. The maximum atomic E-state index is 12.1. The fraction of sp³-hybridized carbons (Fsp3) is 0.923. The predicted molar refractivity (Wildman–Crippen MR) is 64.7 cm³/mol. The molecule has 2 heterocycles. The number of hydrogen-bond donors (Lipinski definition) is 2. The van der Waals surface area contributed by atoms with Crippen LogP contribution in [0.4, 0.5) is 0 Å². The van der Waals surface area contributed by atoms with Crippen molar-refractivity contribution in [3.05, 3.63) is 0 Å². The minimum Gasteiger partial charge on any atom is -0.379 e. The van der Waals surface area contributed by atoms with Crippen LogP contribution in [0.2, 0.25) is 0 Å². The van der Waals surface area contributed by atoms with E-state index in [9.17, 15) is 4.79 Å². The second kappa shape index (κ2) is 4.94. The van der Waals surface area contributed by atoms with E-state index in [-0.39, 0.29) is 18.0 Å². The molecular weight excluding hydrogens is 216 g/mol. The van der Waals surface area contributed by atoms with Crippen LogP contribution in [0.5, 0.6) is 0 Å². The van der Waals surface area contributed by atoms with Crippen LogP contribution in [0.25, 0.3) is 0 Å². The van der Waals surface area contributed by atoms with Crippen molar-refractivity contribution in [3.63, 3.8) is 0 Å². The predicted octanol–water partition coefficient (Wildman–Crippen LogP) is 0.812. The molecule has 0 radical (unpaired) electrons. The monoisotopic (exact) mass is 238 g/mol. The third kappa shape index (κ3) is 2.47. The summed E-state index contributed by atoms with van der Waals surface area (Å²) in [5, 5.41) is 6.62. The van der Waals surface area contributed by atoms with Gasteiger partial charge >= 0.3 is 0 Å². The highest BCUT2D eigenvalue weighted by atomic mass is 16.5. The summed E-state index contributed by atoms with van der Waals surface area (Å²) in [7, 11) is 0. The van der Waals surface area contributed by atoms with E-state index in [0.29, 0.717) is 12.6 Å². The van der Waals surface area contributed by atoms with Crippen molar-refractivity contribution in [1.29, 1.82) is 0 Å². The molecule has 2 saturated heterocycles. The highest BCUT2D eigenvalue weighted by Crippen LogP contribution is 2.33. The van der Waals surface area contributed by atoms with Gasteiger partial charge in [0.25, 0.3) is 0 Å². The molecule has 96 valence electrons. The first-order valence-corrected chi connectivity index (χ1v) is 6.97. The maximum Gasteiger partial charge on any atom is 0.237 e. The van der Waals surface area contributed by atoms with Crippen LogP contribution in [0.15, 0.2) is 0 Å². The zero-order valence-electron chi connectivity index (χ0n) is 10.3. The normalized spacial score (nSPS) is 41.2. The fourth-order valence-corrected chi connectivity index (χ4v) is 3.47. The van der Waals surface area contributed by atoms with Crippen LogP contribution in [0.3, 0.4) is 0 Å². The number of hydrogen-bond acceptors (Lipinski definition) is 3. The average Bonchev–Trinajstić information content (AvgIpc) is 2.96. The Balaban J connectivity index is 1.52. The number of fused-ring (bicyclic) bond motifs is 1. The van der Waals surface area contributed by atoms with Gasteiger partial charge in [0.15, 0.2) is 0 Å². The third-order valence-corrected chi connectivity index (χ3v) is 4.46. The van der Waals surface area contributed by atoms with Gasteiger partial charge in [0.1, 0.15) is 0 Å². The lowest BCUT2D eigenvalue weighted by Crippen LogP contribution is -2.47. The van der Waals surface area contributed by atoms with Gasteiger partial charge in [-0.15, -0.1) is 0 Å². The molecule has 1 amide bonds. The first-order chi connectivity index (χ1) is 8.33. The Morgan fingerprint density at radius 3 is 2.88 bits per heavy atom. The van der Waals surface area contributed by atoms with Gasteiger partial charge in [0.05, 0.1) is 18.7 Å². The van der Waals surface area contributed by atoms with Crippen molar-refractivity contribution in [2.45, 2.75) is 56.7 Å². The largest absolute Gasteiger partial charge is 0.379 e. The smallest absolute Gasteiger partial charge is 0.237 e. The topological polar surface area (TPSA) is 50.4 Å². The number of ether oxygens (including phenoxy) is 1. The van der Waals surface area contributed by atoms with Crippen molar-refractivity contribution in [3.8, 4) is 0 Å². The molecule has 0 aromatic heterocycles. The number of amides is 1. The lowest BCUT2D eigenvalue weighted by Gasteiger charge is -2.24. The van der Waals surface area contributed by atoms with E-state index >= 15 is 0 Å². The Bertz CT molecular complexity index is 275. The fourth-order valence-electron chi connectivity index (χ4n) is 3.47. The van der Waals surface area contributed by atoms with Crippen LogP contribution in [-0.4, -0.2) is 37.2 Å². The van der Waals surface area contributed by atoms with E-state index in [2.05, 4.69) is 10.6 Å². The Morgan fingerprint density at radius 2 is 2.12 bits per heavy atom. The first-order valence-electron chi connectivity index (χ1n) is 6.97. The van der Waals surface area contributed by atoms with Crippen LogP contribution in [0, 0.1) is 5.92 Å². The molecule has 4 heteroatoms. The highest BCUT2D eigenvalue weighted by molar-refractivity contribution is 5.82. The number of carbonyl (C=O) groups excluding carboxylic acids is 1. The molecule has 3 fully saturated rings. The van der Waals surface area contributed by atoms with Crippen LogP contribution >= 0.6 is 0 Å². The van der Waals surface area contributed by atoms with E-state index < -0.39 is 0 Å². The van der Waals surface area contributed by atoms with Crippen molar-refractivity contribution in [2.24, 2.45) is 5.92 Å². The van der Waals surface area contributed by atoms with E-state index in [0.717, 1.165) is 25.4 Å². The molecule has 0 aromatic carbocycles. The van der Waals surface area contributed by atoms with Crippen molar-refractivity contribution < 1.29 is 9.53 Å². The number of rotatable bonds is 2. The Hall–Kier alpha value is -0.610.